The fraction of sp³-hybridized carbons (Fsp3) is 0.421. The molecule has 0 radical (unpaired) electrons. The predicted molar refractivity (Wildman–Crippen MR) is 97.6 cm³/mol. The highest BCUT2D eigenvalue weighted by Gasteiger charge is 2.56. The highest BCUT2D eigenvalue weighted by Crippen LogP contribution is 2.51. The molecule has 2 aliphatic rings. The van der Waals surface area contributed by atoms with E-state index >= 15 is 0 Å². The monoisotopic (exact) mass is 390 g/mol. The van der Waals surface area contributed by atoms with Crippen molar-refractivity contribution in [2.75, 3.05) is 26.2 Å². The van der Waals surface area contributed by atoms with E-state index in [2.05, 4.69) is 0 Å². The molecule has 150 valence electrons. The summed E-state index contributed by atoms with van der Waals surface area (Å²) in [5, 5.41) is 10.9. The van der Waals surface area contributed by atoms with E-state index in [4.69, 9.17) is 14.2 Å². The fourth-order valence-electron chi connectivity index (χ4n) is 4.03. The number of rotatable bonds is 2. The number of esters is 1. The van der Waals surface area contributed by atoms with Crippen molar-refractivity contribution >= 4 is 23.8 Å². The van der Waals surface area contributed by atoms with E-state index in [1.165, 1.54) is 19.1 Å². The highest BCUT2D eigenvalue weighted by atomic mass is 16.6. The lowest BCUT2D eigenvalue weighted by atomic mass is 9.78. The fourth-order valence-corrected chi connectivity index (χ4v) is 4.03. The number of methoxy groups -OCH3 is 3. The van der Waals surface area contributed by atoms with E-state index in [9.17, 15) is 19.5 Å². The molecule has 2 heterocycles. The van der Waals surface area contributed by atoms with Gasteiger partial charge in [-0.1, -0.05) is 25.1 Å². The van der Waals surface area contributed by atoms with Gasteiger partial charge in [-0.2, -0.15) is 0 Å². The lowest BCUT2D eigenvalue weighted by Crippen LogP contribution is -2.63. The highest BCUT2D eigenvalue weighted by molar-refractivity contribution is 5.99. The Kier molecular flexibility index (Phi) is 5.17. The number of fused-ring (bicyclic) bond motifs is 4. The lowest BCUT2D eigenvalue weighted by Gasteiger charge is -2.52. The largest absolute Gasteiger partial charge is 0.511 e. The molecule has 0 unspecified atom stereocenters. The molecule has 3 atom stereocenters. The van der Waals surface area contributed by atoms with Crippen LogP contribution < -0.4 is 4.90 Å². The molecule has 1 aromatic rings. The lowest BCUT2D eigenvalue weighted by molar-refractivity contribution is -0.137. The van der Waals surface area contributed by atoms with Gasteiger partial charge in [0.1, 0.15) is 11.3 Å². The molecule has 0 spiro atoms. The summed E-state index contributed by atoms with van der Waals surface area (Å²) in [6.07, 6.45) is -2.38. The first-order valence-corrected chi connectivity index (χ1v) is 8.76. The van der Waals surface area contributed by atoms with Crippen LogP contribution in [0.4, 0.5) is 15.3 Å². The number of para-hydroxylation sites is 1. The van der Waals surface area contributed by atoms with Crippen LogP contribution in [0, 0.1) is 5.92 Å². The topological polar surface area (TPSA) is 106 Å². The maximum Gasteiger partial charge on any atom is 0.416 e. The molecular formula is C19H22N2O7. The SMILES string of the molecule is CC[C@H]1C(O)=C(C(=O)OC)[C@@H]2N(C(=O)OC)c3ccccc3[C@H]1N2C(=O)OC. The van der Waals surface area contributed by atoms with Gasteiger partial charge in [0, 0.05) is 5.92 Å². The van der Waals surface area contributed by atoms with Crippen molar-refractivity contribution in [2.24, 2.45) is 5.92 Å². The number of hydrogen-bond donors (Lipinski definition) is 1. The molecule has 0 saturated carbocycles. The number of aliphatic hydroxyl groups excluding tert-OH is 1. The van der Waals surface area contributed by atoms with E-state index in [-0.39, 0.29) is 11.3 Å². The summed E-state index contributed by atoms with van der Waals surface area (Å²) in [5.74, 6) is -1.64. The third-order valence-corrected chi connectivity index (χ3v) is 5.19. The summed E-state index contributed by atoms with van der Waals surface area (Å²) < 4.78 is 14.7. The van der Waals surface area contributed by atoms with Gasteiger partial charge < -0.3 is 19.3 Å². The van der Waals surface area contributed by atoms with E-state index in [1.807, 2.05) is 6.92 Å². The summed E-state index contributed by atoms with van der Waals surface area (Å²) in [7, 11) is 3.57. The van der Waals surface area contributed by atoms with Crippen molar-refractivity contribution < 1.29 is 33.7 Å². The molecule has 2 bridgehead atoms. The molecule has 9 nitrogen and oxygen atoms in total. The molecule has 2 amide bonds. The van der Waals surface area contributed by atoms with Gasteiger partial charge in [0.05, 0.1) is 33.1 Å². The minimum Gasteiger partial charge on any atom is -0.511 e. The number of hydrogen-bond acceptors (Lipinski definition) is 7. The van der Waals surface area contributed by atoms with Crippen LogP contribution in [-0.4, -0.2) is 55.7 Å². The quantitative estimate of drug-likeness (QED) is 0.611. The normalized spacial score (nSPS) is 23.1. The second-order valence-corrected chi connectivity index (χ2v) is 6.40. The number of carbonyl (C=O) groups is 3. The summed E-state index contributed by atoms with van der Waals surface area (Å²) >= 11 is 0. The van der Waals surface area contributed by atoms with Gasteiger partial charge in [0.2, 0.25) is 0 Å². The van der Waals surface area contributed by atoms with E-state index in [1.54, 1.807) is 24.3 Å². The van der Waals surface area contributed by atoms with Gasteiger partial charge >= 0.3 is 18.2 Å². The third-order valence-electron chi connectivity index (χ3n) is 5.19. The van der Waals surface area contributed by atoms with E-state index < -0.39 is 36.3 Å². The Bertz CT molecular complexity index is 850. The maximum absolute atomic E-state index is 12.7. The zero-order valence-corrected chi connectivity index (χ0v) is 16.0. The zero-order valence-electron chi connectivity index (χ0n) is 16.0. The minimum atomic E-state index is -1.27. The van der Waals surface area contributed by atoms with Crippen molar-refractivity contribution in [1.29, 1.82) is 0 Å². The molecule has 9 heteroatoms. The molecule has 0 aliphatic carbocycles. The van der Waals surface area contributed by atoms with Crippen molar-refractivity contribution in [3.05, 3.63) is 41.2 Å². The number of benzene rings is 1. The van der Waals surface area contributed by atoms with Crippen molar-refractivity contribution in [1.82, 2.24) is 4.90 Å². The van der Waals surface area contributed by atoms with E-state index in [0.717, 1.165) is 12.0 Å². The number of ether oxygens (including phenoxy) is 3. The first-order chi connectivity index (χ1) is 13.4. The summed E-state index contributed by atoms with van der Waals surface area (Å²) in [4.78, 5) is 40.4. The van der Waals surface area contributed by atoms with Crippen LogP contribution in [-0.2, 0) is 19.0 Å². The Labute approximate surface area is 162 Å². The maximum atomic E-state index is 12.7. The number of aliphatic hydroxyl groups is 1. The Hall–Kier alpha value is -3.23. The van der Waals surface area contributed by atoms with Crippen molar-refractivity contribution in [3.8, 4) is 0 Å². The molecule has 28 heavy (non-hydrogen) atoms. The molecule has 0 aromatic heterocycles. The van der Waals surface area contributed by atoms with Gasteiger partial charge in [0.15, 0.2) is 6.17 Å². The summed E-state index contributed by atoms with van der Waals surface area (Å²) in [5.41, 5.74) is 0.921. The molecule has 0 saturated heterocycles. The number of anilines is 1. The van der Waals surface area contributed by atoms with Gasteiger partial charge in [-0.3, -0.25) is 9.80 Å². The Balaban J connectivity index is 2.38. The molecule has 0 fully saturated rings. The van der Waals surface area contributed by atoms with Crippen LogP contribution in [0.2, 0.25) is 0 Å². The third kappa shape index (κ3) is 2.65. The smallest absolute Gasteiger partial charge is 0.416 e. The van der Waals surface area contributed by atoms with Crippen LogP contribution >= 0.6 is 0 Å². The number of nitrogens with zero attached hydrogens (tertiary/aromatic N) is 2. The van der Waals surface area contributed by atoms with E-state index in [0.29, 0.717) is 17.7 Å². The van der Waals surface area contributed by atoms with Crippen LogP contribution in [0.5, 0.6) is 0 Å². The molecule has 3 rings (SSSR count). The molecule has 1 aromatic carbocycles. The summed E-state index contributed by atoms with van der Waals surface area (Å²) in [6.45, 7) is 1.83. The van der Waals surface area contributed by atoms with Crippen molar-refractivity contribution in [2.45, 2.75) is 25.6 Å². The molecular weight excluding hydrogens is 368 g/mol. The Morgan fingerprint density at radius 2 is 1.68 bits per heavy atom. The first kappa shape index (κ1) is 19.5. The Morgan fingerprint density at radius 1 is 1.04 bits per heavy atom. The zero-order chi connectivity index (χ0) is 20.6. The van der Waals surface area contributed by atoms with Crippen molar-refractivity contribution in [3.63, 3.8) is 0 Å². The average molecular weight is 390 g/mol. The van der Waals surface area contributed by atoms with Gasteiger partial charge in [-0.25, -0.2) is 14.4 Å². The number of amides is 2. The second kappa shape index (κ2) is 7.41. The van der Waals surface area contributed by atoms with Crippen LogP contribution in [0.1, 0.15) is 24.9 Å². The standard InChI is InChI=1S/C19H22N2O7/c1-5-10-14-11-8-6-7-9-12(11)20(18(24)27-3)16(21(14)19(25)28-4)13(15(10)22)17(23)26-2/h6-10,14,16,22H,5H2,1-4H3/t10-,14+,16-/m1/s1. The molecule has 2 aliphatic heterocycles. The molecule has 1 N–H and O–H groups in total. The van der Waals surface area contributed by atoms with Crippen LogP contribution in [0.25, 0.3) is 0 Å². The van der Waals surface area contributed by atoms with Gasteiger partial charge in [-0.05, 0) is 18.1 Å². The van der Waals surface area contributed by atoms with Gasteiger partial charge in [-0.15, -0.1) is 0 Å². The van der Waals surface area contributed by atoms with Gasteiger partial charge in [0.25, 0.3) is 0 Å². The predicted octanol–water partition coefficient (Wildman–Crippen LogP) is 2.73. The Morgan fingerprint density at radius 3 is 2.25 bits per heavy atom. The average Bonchev–Trinajstić information content (AvgIpc) is 2.72. The second-order valence-electron chi connectivity index (χ2n) is 6.40. The van der Waals surface area contributed by atoms with Crippen LogP contribution in [0.15, 0.2) is 35.6 Å². The number of carbonyl (C=O) groups excluding carboxylic acids is 3. The minimum absolute atomic E-state index is 0.198. The van der Waals surface area contributed by atoms with Crippen LogP contribution in [0.3, 0.4) is 0 Å². The summed E-state index contributed by atoms with van der Waals surface area (Å²) in [6, 6.07) is 6.34. The first-order valence-electron chi connectivity index (χ1n) is 8.76.